The van der Waals surface area contributed by atoms with E-state index in [2.05, 4.69) is 15.6 Å². The highest BCUT2D eigenvalue weighted by Gasteiger charge is 2.58. The number of carbonyl (C=O) groups is 4. The molecule has 5 amide bonds. The fourth-order valence-corrected chi connectivity index (χ4v) is 5.52. The zero-order chi connectivity index (χ0) is 24.7. The average molecular weight is 498 g/mol. The number of nitrogens with one attached hydrogen (secondary N) is 2. The number of benzene rings is 1. The highest BCUT2D eigenvalue weighted by atomic mass is 32.1. The number of hydrogen-bond donors (Lipinski definition) is 2. The van der Waals surface area contributed by atoms with Crippen LogP contribution in [0.5, 0.6) is 0 Å². The van der Waals surface area contributed by atoms with Crippen LogP contribution in [0.4, 0.5) is 15.3 Å². The minimum absolute atomic E-state index is 0.00531. The van der Waals surface area contributed by atoms with Gasteiger partial charge in [0.15, 0.2) is 0 Å². The van der Waals surface area contributed by atoms with E-state index < -0.39 is 17.6 Å². The Bertz CT molecular complexity index is 1180. The molecule has 1 unspecified atom stereocenters. The van der Waals surface area contributed by atoms with Gasteiger partial charge in [0.25, 0.3) is 5.91 Å². The quantitative estimate of drug-likeness (QED) is 0.607. The molecule has 184 valence electrons. The van der Waals surface area contributed by atoms with E-state index in [0.29, 0.717) is 36.6 Å². The summed E-state index contributed by atoms with van der Waals surface area (Å²) in [6.45, 7) is 2.05. The van der Waals surface area contributed by atoms with E-state index in [1.165, 1.54) is 18.4 Å². The lowest BCUT2D eigenvalue weighted by atomic mass is 9.94. The molecule has 35 heavy (non-hydrogen) atoms. The number of imide groups is 1. The molecule has 2 fully saturated rings. The van der Waals surface area contributed by atoms with Gasteiger partial charge in [0.1, 0.15) is 6.54 Å². The monoisotopic (exact) mass is 497 g/mol. The third-order valence-electron chi connectivity index (χ3n) is 7.06. The molecule has 2 heterocycles. The fraction of sp³-hybridized carbons (Fsp3) is 0.458. The Hall–Kier alpha value is -3.47. The van der Waals surface area contributed by atoms with E-state index in [4.69, 9.17) is 4.74 Å². The normalized spacial score (nSPS) is 21.6. The number of aryl methyl sites for hydroxylation is 1. The summed E-state index contributed by atoms with van der Waals surface area (Å²) in [4.78, 5) is 59.1. The molecule has 2 N–H and O–H groups in total. The molecule has 5 rings (SSSR count). The number of ether oxygens (including phenoxy) is 1. The number of nitrogens with zero attached hydrogens (tertiary/aromatic N) is 3. The van der Waals surface area contributed by atoms with Crippen LogP contribution in [0.25, 0.3) is 0 Å². The summed E-state index contributed by atoms with van der Waals surface area (Å²) in [6, 6.07) is 4.81. The first-order valence-electron chi connectivity index (χ1n) is 11.7. The van der Waals surface area contributed by atoms with Crippen molar-refractivity contribution in [1.29, 1.82) is 0 Å². The fourth-order valence-electron chi connectivity index (χ4n) is 4.93. The second-order valence-electron chi connectivity index (χ2n) is 9.23. The van der Waals surface area contributed by atoms with Gasteiger partial charge in [0.2, 0.25) is 11.5 Å². The number of anilines is 1. The number of hydrogen-bond acceptors (Lipinski definition) is 7. The van der Waals surface area contributed by atoms with Crippen molar-refractivity contribution in [2.75, 3.05) is 18.9 Å². The number of rotatable bonds is 7. The van der Waals surface area contributed by atoms with Crippen molar-refractivity contribution in [3.63, 3.8) is 0 Å². The smallest absolute Gasteiger partial charge is 0.418 e. The number of carbonyl (C=O) groups excluding carboxylic acids is 4. The van der Waals surface area contributed by atoms with Crippen molar-refractivity contribution in [2.24, 2.45) is 5.92 Å². The Balaban J connectivity index is 1.34. The second kappa shape index (κ2) is 8.95. The van der Waals surface area contributed by atoms with E-state index in [9.17, 15) is 19.2 Å². The molecule has 1 saturated carbocycles. The average Bonchev–Trinajstić information content (AvgIpc) is 3.38. The summed E-state index contributed by atoms with van der Waals surface area (Å²) < 4.78 is 5.67. The van der Waals surface area contributed by atoms with E-state index in [1.54, 1.807) is 34.8 Å². The van der Waals surface area contributed by atoms with Crippen molar-refractivity contribution in [1.82, 2.24) is 20.1 Å². The van der Waals surface area contributed by atoms with Crippen LogP contribution in [0.2, 0.25) is 0 Å². The van der Waals surface area contributed by atoms with Gasteiger partial charge in [-0.2, -0.15) is 0 Å². The minimum Gasteiger partial charge on any atom is -0.427 e. The van der Waals surface area contributed by atoms with Crippen molar-refractivity contribution in [3.8, 4) is 0 Å². The number of aromatic nitrogens is 1. The lowest BCUT2D eigenvalue weighted by Crippen LogP contribution is -2.47. The van der Waals surface area contributed by atoms with E-state index in [1.807, 2.05) is 6.92 Å². The van der Waals surface area contributed by atoms with E-state index in [0.717, 1.165) is 28.2 Å². The first-order valence-corrected chi connectivity index (χ1v) is 12.5. The van der Waals surface area contributed by atoms with Gasteiger partial charge in [0, 0.05) is 41.8 Å². The number of thiazole rings is 1. The van der Waals surface area contributed by atoms with Gasteiger partial charge >= 0.3 is 12.1 Å². The maximum atomic E-state index is 13.5. The number of urea groups is 1. The molecule has 0 radical (unpaired) electrons. The zero-order valence-electron chi connectivity index (χ0n) is 19.6. The Labute approximate surface area is 206 Å². The van der Waals surface area contributed by atoms with Crippen molar-refractivity contribution < 1.29 is 23.9 Å². The Morgan fingerprint density at radius 3 is 2.83 bits per heavy atom. The first kappa shape index (κ1) is 23.3. The third-order valence-corrected chi connectivity index (χ3v) is 7.83. The van der Waals surface area contributed by atoms with Gasteiger partial charge in [-0.25, -0.2) is 14.5 Å². The standard InChI is InChI=1S/C24H27N5O5S/c1-14(15-3-4-15)28(11-18-10-26-13-35-18)20(30)12-29-21(31)24(34-23(29)33)8-7-16-9-17(5-6-19(16)24)27-22(32)25-2/h5-6,9-10,13-15H,3-4,7-8,11-12H2,1-2H3,(H2,25,27,32)/t14?,24-/m1/s1. The molecule has 2 atom stereocenters. The third kappa shape index (κ3) is 4.24. The molecular weight excluding hydrogens is 470 g/mol. The lowest BCUT2D eigenvalue weighted by Gasteiger charge is -2.30. The summed E-state index contributed by atoms with van der Waals surface area (Å²) in [5, 5.41) is 5.19. The van der Waals surface area contributed by atoms with E-state index >= 15 is 0 Å². The molecule has 10 nitrogen and oxygen atoms in total. The van der Waals surface area contributed by atoms with Crippen LogP contribution in [0.1, 0.15) is 42.2 Å². The van der Waals surface area contributed by atoms with Crippen LogP contribution in [-0.2, 0) is 32.9 Å². The summed E-state index contributed by atoms with van der Waals surface area (Å²) in [5.74, 6) is -0.374. The SMILES string of the molecule is CNC(=O)Nc1ccc2c(c1)CC[C@@]21OC(=O)N(CC(=O)N(Cc2cncs2)C(C)C2CC2)C1=O. The predicted molar refractivity (Wildman–Crippen MR) is 128 cm³/mol. The van der Waals surface area contributed by atoms with Crippen LogP contribution in [0, 0.1) is 5.92 Å². The Kier molecular flexibility index (Phi) is 5.96. The first-order chi connectivity index (χ1) is 16.8. The molecule has 0 bridgehead atoms. The minimum atomic E-state index is -1.43. The van der Waals surface area contributed by atoms with Crippen LogP contribution in [0.3, 0.4) is 0 Å². The zero-order valence-corrected chi connectivity index (χ0v) is 20.4. The summed E-state index contributed by atoms with van der Waals surface area (Å²) in [7, 11) is 1.52. The highest BCUT2D eigenvalue weighted by Crippen LogP contribution is 2.46. The predicted octanol–water partition coefficient (Wildman–Crippen LogP) is 2.84. The summed E-state index contributed by atoms with van der Waals surface area (Å²) >= 11 is 1.47. The second-order valence-corrected chi connectivity index (χ2v) is 10.2. The molecule has 1 aromatic heterocycles. The van der Waals surface area contributed by atoms with Gasteiger partial charge in [-0.15, -0.1) is 11.3 Å². The van der Waals surface area contributed by atoms with Crippen LogP contribution in [-0.4, -0.2) is 58.4 Å². The topological polar surface area (TPSA) is 121 Å². The van der Waals surface area contributed by atoms with Crippen LogP contribution < -0.4 is 10.6 Å². The van der Waals surface area contributed by atoms with Crippen molar-refractivity contribution >= 4 is 41.0 Å². The molecule has 1 aliphatic heterocycles. The van der Waals surface area contributed by atoms with Gasteiger partial charge in [-0.05, 0) is 49.8 Å². The van der Waals surface area contributed by atoms with E-state index in [-0.39, 0.29) is 24.5 Å². The summed E-state index contributed by atoms with van der Waals surface area (Å²) in [6.07, 6.45) is 3.86. The van der Waals surface area contributed by atoms with Gasteiger partial charge in [-0.1, -0.05) is 6.07 Å². The Morgan fingerprint density at radius 1 is 1.34 bits per heavy atom. The van der Waals surface area contributed by atoms with Crippen LogP contribution >= 0.6 is 11.3 Å². The van der Waals surface area contributed by atoms with Crippen molar-refractivity contribution in [3.05, 3.63) is 45.9 Å². The van der Waals surface area contributed by atoms with Crippen LogP contribution in [0.15, 0.2) is 29.9 Å². The largest absolute Gasteiger partial charge is 0.427 e. The van der Waals surface area contributed by atoms with Gasteiger partial charge in [0.05, 0.1) is 12.1 Å². The maximum absolute atomic E-state index is 13.5. The maximum Gasteiger partial charge on any atom is 0.418 e. The molecule has 2 aromatic rings. The highest BCUT2D eigenvalue weighted by molar-refractivity contribution is 7.09. The Morgan fingerprint density at radius 2 is 2.14 bits per heavy atom. The number of fused-ring (bicyclic) bond motifs is 2. The number of amides is 5. The lowest BCUT2D eigenvalue weighted by molar-refractivity contribution is -0.143. The molecule has 2 aliphatic carbocycles. The molecule has 11 heteroatoms. The molecule has 1 aromatic carbocycles. The molecule has 3 aliphatic rings. The molecular formula is C24H27N5O5S. The van der Waals surface area contributed by atoms with Gasteiger partial charge in [-0.3, -0.25) is 14.6 Å². The summed E-state index contributed by atoms with van der Waals surface area (Å²) in [5.41, 5.74) is 2.29. The molecule has 1 saturated heterocycles. The van der Waals surface area contributed by atoms with Crippen molar-refractivity contribution in [2.45, 2.75) is 50.8 Å². The van der Waals surface area contributed by atoms with Gasteiger partial charge < -0.3 is 20.3 Å². The molecule has 1 spiro atoms.